The Kier molecular flexibility index (Phi) is 6.60. The molecule has 0 spiro atoms. The minimum atomic E-state index is -1.21. The third-order valence-electron chi connectivity index (χ3n) is 3.99. The summed E-state index contributed by atoms with van der Waals surface area (Å²) in [5.74, 6) is -1.08. The van der Waals surface area contributed by atoms with E-state index in [1.54, 1.807) is 21.0 Å². The lowest BCUT2D eigenvalue weighted by Crippen LogP contribution is -2.35. The van der Waals surface area contributed by atoms with Crippen LogP contribution in [-0.4, -0.2) is 42.8 Å². The van der Waals surface area contributed by atoms with E-state index in [9.17, 15) is 9.90 Å². The molecule has 2 rings (SSSR count). The van der Waals surface area contributed by atoms with E-state index >= 15 is 0 Å². The van der Waals surface area contributed by atoms with Gasteiger partial charge >= 0.3 is 6.09 Å². The molecule has 6 nitrogen and oxygen atoms in total. The summed E-state index contributed by atoms with van der Waals surface area (Å²) in [6.45, 7) is 3.97. The number of rotatable bonds is 7. The molecule has 1 aromatic carbocycles. The second kappa shape index (κ2) is 8.46. The average molecular weight is 337 g/mol. The summed E-state index contributed by atoms with van der Waals surface area (Å²) < 4.78 is 16.2. The van der Waals surface area contributed by atoms with Crippen molar-refractivity contribution in [2.45, 2.75) is 51.2 Å². The molecule has 134 valence electrons. The molecule has 0 bridgehead atoms. The maximum atomic E-state index is 12.0. The summed E-state index contributed by atoms with van der Waals surface area (Å²) in [4.78, 5) is 12.0. The third-order valence-corrected chi connectivity index (χ3v) is 3.99. The van der Waals surface area contributed by atoms with Crippen molar-refractivity contribution in [3.63, 3.8) is 0 Å². The predicted octanol–water partition coefficient (Wildman–Crippen LogP) is 2.45. The van der Waals surface area contributed by atoms with Crippen molar-refractivity contribution in [2.24, 2.45) is 5.92 Å². The Labute approximate surface area is 143 Å². The standard InChI is InChI=1S/C18H27NO5/c1-18(2,21)24-16-10-15(9-14(16)12-22-3)19-17(20)23-11-13-7-5-4-6-8-13/h4-8,14-16,21H,9-12H2,1-3H3,(H,19,20)/t14-,15-,16+/m1/s1. The number of carbonyl (C=O) groups excluding carboxylic acids is 1. The quantitative estimate of drug-likeness (QED) is 0.748. The van der Waals surface area contributed by atoms with Gasteiger partial charge in [0.25, 0.3) is 0 Å². The van der Waals surface area contributed by atoms with Crippen LogP contribution in [0.25, 0.3) is 0 Å². The first-order valence-electron chi connectivity index (χ1n) is 8.23. The Morgan fingerprint density at radius 3 is 2.62 bits per heavy atom. The largest absolute Gasteiger partial charge is 0.445 e. The van der Waals surface area contributed by atoms with Gasteiger partial charge in [-0.05, 0) is 32.3 Å². The summed E-state index contributed by atoms with van der Waals surface area (Å²) in [6.07, 6.45) is 0.751. The maximum Gasteiger partial charge on any atom is 0.407 e. The van der Waals surface area contributed by atoms with Gasteiger partial charge in [0.2, 0.25) is 0 Å². The van der Waals surface area contributed by atoms with E-state index in [2.05, 4.69) is 5.32 Å². The molecular formula is C18H27NO5. The first-order chi connectivity index (χ1) is 11.4. The molecule has 0 aliphatic heterocycles. The van der Waals surface area contributed by atoms with Crippen molar-refractivity contribution in [1.29, 1.82) is 0 Å². The maximum absolute atomic E-state index is 12.0. The molecule has 24 heavy (non-hydrogen) atoms. The van der Waals surface area contributed by atoms with Crippen LogP contribution >= 0.6 is 0 Å². The highest BCUT2D eigenvalue weighted by Gasteiger charge is 2.38. The summed E-state index contributed by atoms with van der Waals surface area (Å²) >= 11 is 0. The highest BCUT2D eigenvalue weighted by Crippen LogP contribution is 2.31. The molecule has 3 atom stereocenters. The van der Waals surface area contributed by atoms with Gasteiger partial charge in [0.1, 0.15) is 6.61 Å². The van der Waals surface area contributed by atoms with Crippen LogP contribution in [0.15, 0.2) is 30.3 Å². The molecule has 1 amide bonds. The molecule has 0 unspecified atom stereocenters. The number of alkyl carbamates (subject to hydrolysis) is 1. The van der Waals surface area contributed by atoms with Crippen molar-refractivity contribution < 1.29 is 24.1 Å². The summed E-state index contributed by atoms with van der Waals surface area (Å²) in [6, 6.07) is 9.49. The molecule has 1 aliphatic rings. The molecule has 1 aromatic rings. The lowest BCUT2D eigenvalue weighted by atomic mass is 10.1. The zero-order valence-electron chi connectivity index (χ0n) is 14.5. The fraction of sp³-hybridized carbons (Fsp3) is 0.611. The van der Waals surface area contributed by atoms with Gasteiger partial charge in [0, 0.05) is 19.1 Å². The zero-order valence-corrected chi connectivity index (χ0v) is 14.5. The highest BCUT2D eigenvalue weighted by atomic mass is 16.6. The van der Waals surface area contributed by atoms with Gasteiger partial charge in [0.15, 0.2) is 5.79 Å². The Bertz CT molecular complexity index is 514. The molecule has 0 heterocycles. The summed E-state index contributed by atoms with van der Waals surface area (Å²) in [5.41, 5.74) is 0.944. The van der Waals surface area contributed by atoms with E-state index in [1.165, 1.54) is 0 Å². The van der Waals surface area contributed by atoms with Gasteiger partial charge < -0.3 is 24.6 Å². The molecule has 0 saturated heterocycles. The second-order valence-corrected chi connectivity index (χ2v) is 6.69. The lowest BCUT2D eigenvalue weighted by Gasteiger charge is -2.27. The van der Waals surface area contributed by atoms with Crippen LogP contribution in [-0.2, 0) is 20.8 Å². The fourth-order valence-electron chi connectivity index (χ4n) is 3.04. The number of aliphatic hydroxyl groups is 1. The number of hydrogen-bond acceptors (Lipinski definition) is 5. The van der Waals surface area contributed by atoms with Crippen LogP contribution < -0.4 is 5.32 Å². The summed E-state index contributed by atoms with van der Waals surface area (Å²) in [7, 11) is 1.63. The smallest absolute Gasteiger partial charge is 0.407 e. The zero-order chi connectivity index (χ0) is 17.6. The van der Waals surface area contributed by atoms with E-state index < -0.39 is 11.9 Å². The number of nitrogens with one attached hydrogen (secondary N) is 1. The Balaban J connectivity index is 1.82. The fourth-order valence-corrected chi connectivity index (χ4v) is 3.04. The van der Waals surface area contributed by atoms with Crippen molar-refractivity contribution in [1.82, 2.24) is 5.32 Å². The minimum Gasteiger partial charge on any atom is -0.445 e. The molecule has 0 aromatic heterocycles. The van der Waals surface area contributed by atoms with E-state index in [0.29, 0.717) is 13.0 Å². The minimum absolute atomic E-state index is 0.0548. The first-order valence-corrected chi connectivity index (χ1v) is 8.23. The number of amides is 1. The monoisotopic (exact) mass is 337 g/mol. The molecule has 6 heteroatoms. The van der Waals surface area contributed by atoms with Crippen LogP contribution in [0, 0.1) is 5.92 Å². The SMILES string of the molecule is COC[C@H]1C[C@@H](NC(=O)OCc2ccccc2)C[C@@H]1OC(C)(C)O. The molecule has 1 saturated carbocycles. The molecule has 1 fully saturated rings. The topological polar surface area (TPSA) is 77.0 Å². The van der Waals surface area contributed by atoms with Gasteiger partial charge in [-0.25, -0.2) is 4.79 Å². The number of hydrogen-bond donors (Lipinski definition) is 2. The van der Waals surface area contributed by atoms with Gasteiger partial charge in [-0.3, -0.25) is 0 Å². The Morgan fingerprint density at radius 2 is 2.00 bits per heavy atom. The van der Waals surface area contributed by atoms with Crippen molar-refractivity contribution in [2.75, 3.05) is 13.7 Å². The van der Waals surface area contributed by atoms with Crippen molar-refractivity contribution in [3.05, 3.63) is 35.9 Å². The van der Waals surface area contributed by atoms with Gasteiger partial charge in [-0.1, -0.05) is 30.3 Å². The van der Waals surface area contributed by atoms with E-state index in [0.717, 1.165) is 12.0 Å². The molecule has 2 N–H and O–H groups in total. The Hall–Kier alpha value is -1.63. The Morgan fingerprint density at radius 1 is 1.29 bits per heavy atom. The average Bonchev–Trinajstić information content (AvgIpc) is 2.86. The lowest BCUT2D eigenvalue weighted by molar-refractivity contribution is -0.214. The number of methoxy groups -OCH3 is 1. The number of ether oxygens (including phenoxy) is 3. The molecule has 1 aliphatic carbocycles. The molecular weight excluding hydrogens is 310 g/mol. The normalized spacial score (nSPS) is 23.9. The summed E-state index contributed by atoms with van der Waals surface area (Å²) in [5, 5.41) is 12.7. The van der Waals surface area contributed by atoms with E-state index in [-0.39, 0.29) is 24.7 Å². The third kappa shape index (κ3) is 6.11. The van der Waals surface area contributed by atoms with Crippen LogP contribution in [0.2, 0.25) is 0 Å². The second-order valence-electron chi connectivity index (χ2n) is 6.69. The predicted molar refractivity (Wildman–Crippen MR) is 89.3 cm³/mol. The van der Waals surface area contributed by atoms with E-state index in [1.807, 2.05) is 30.3 Å². The molecule has 0 radical (unpaired) electrons. The van der Waals surface area contributed by atoms with Crippen LogP contribution in [0.3, 0.4) is 0 Å². The van der Waals surface area contributed by atoms with E-state index in [4.69, 9.17) is 14.2 Å². The van der Waals surface area contributed by atoms with Crippen LogP contribution in [0.4, 0.5) is 4.79 Å². The number of carbonyl (C=O) groups is 1. The van der Waals surface area contributed by atoms with Crippen molar-refractivity contribution in [3.8, 4) is 0 Å². The van der Waals surface area contributed by atoms with Gasteiger partial charge in [-0.2, -0.15) is 0 Å². The van der Waals surface area contributed by atoms with Gasteiger partial charge in [-0.15, -0.1) is 0 Å². The first kappa shape index (κ1) is 18.7. The van der Waals surface area contributed by atoms with Crippen molar-refractivity contribution >= 4 is 6.09 Å². The van der Waals surface area contributed by atoms with Crippen LogP contribution in [0.5, 0.6) is 0 Å². The highest BCUT2D eigenvalue weighted by molar-refractivity contribution is 5.67. The number of benzene rings is 1. The van der Waals surface area contributed by atoms with Gasteiger partial charge in [0.05, 0.1) is 12.7 Å². The van der Waals surface area contributed by atoms with Crippen LogP contribution in [0.1, 0.15) is 32.3 Å².